The molecule has 2 heterocycles. The molecule has 5 nitrogen and oxygen atoms in total. The zero-order valence-electron chi connectivity index (χ0n) is 15.1. The highest BCUT2D eigenvalue weighted by atomic mass is 32.1. The number of carbonyl (C=O) groups is 1. The molecule has 1 aromatic carbocycles. The Morgan fingerprint density at radius 3 is 2.58 bits per heavy atom. The van der Waals surface area contributed by atoms with Gasteiger partial charge >= 0.3 is 0 Å². The van der Waals surface area contributed by atoms with Crippen molar-refractivity contribution in [3.8, 4) is 10.6 Å². The fourth-order valence-corrected chi connectivity index (χ4v) is 4.08. The predicted octanol–water partition coefficient (Wildman–Crippen LogP) is 2.45. The highest BCUT2D eigenvalue weighted by Gasteiger charge is 2.23. The lowest BCUT2D eigenvalue weighted by Crippen LogP contribution is -2.49. The van der Waals surface area contributed by atoms with Gasteiger partial charge in [-0.25, -0.2) is 4.98 Å². The van der Waals surface area contributed by atoms with Crippen LogP contribution in [0.4, 0.5) is 0 Å². The van der Waals surface area contributed by atoms with Crippen LogP contribution in [0.1, 0.15) is 18.5 Å². The largest absolute Gasteiger partial charge is 0.355 e. The molecule has 1 saturated heterocycles. The number of benzene rings is 1. The molecule has 0 spiro atoms. The highest BCUT2D eigenvalue weighted by Crippen LogP contribution is 2.27. The van der Waals surface area contributed by atoms with Gasteiger partial charge in [0.05, 0.1) is 12.2 Å². The molecule has 0 atom stereocenters. The average molecular weight is 371 g/mol. The highest BCUT2D eigenvalue weighted by molar-refractivity contribution is 7.13. The molecule has 1 amide bonds. The molecule has 2 fully saturated rings. The summed E-state index contributed by atoms with van der Waals surface area (Å²) in [6, 6.07) is 10.3. The molecule has 1 aliphatic carbocycles. The minimum Gasteiger partial charge on any atom is -0.355 e. The molecule has 26 heavy (non-hydrogen) atoms. The molecule has 1 N–H and O–H groups in total. The molecular formula is C20H26N4OS. The van der Waals surface area contributed by atoms with Gasteiger partial charge in [-0.05, 0) is 18.8 Å². The maximum absolute atomic E-state index is 12.0. The van der Waals surface area contributed by atoms with Gasteiger partial charge in [0, 0.05) is 50.2 Å². The summed E-state index contributed by atoms with van der Waals surface area (Å²) in [6.45, 7) is 6.19. The lowest BCUT2D eigenvalue weighted by Gasteiger charge is -2.33. The van der Waals surface area contributed by atoms with Gasteiger partial charge in [0.2, 0.25) is 5.91 Å². The van der Waals surface area contributed by atoms with E-state index in [1.54, 1.807) is 11.3 Å². The van der Waals surface area contributed by atoms with Crippen LogP contribution in [-0.4, -0.2) is 60.0 Å². The monoisotopic (exact) mass is 370 g/mol. The number of nitrogens with one attached hydrogen (secondary N) is 1. The van der Waals surface area contributed by atoms with Crippen molar-refractivity contribution in [3.63, 3.8) is 0 Å². The molecule has 6 heteroatoms. The molecule has 1 aliphatic heterocycles. The Hall–Kier alpha value is -1.76. The second-order valence-corrected chi connectivity index (χ2v) is 8.17. The van der Waals surface area contributed by atoms with E-state index in [9.17, 15) is 4.79 Å². The predicted molar refractivity (Wildman–Crippen MR) is 105 cm³/mol. The molecule has 138 valence electrons. The minimum absolute atomic E-state index is 0.178. The Morgan fingerprint density at radius 2 is 1.85 bits per heavy atom. The van der Waals surface area contributed by atoms with Crippen molar-refractivity contribution in [1.82, 2.24) is 20.1 Å². The van der Waals surface area contributed by atoms with Gasteiger partial charge in [-0.15, -0.1) is 11.3 Å². The Balaban J connectivity index is 1.21. The Labute approximate surface area is 159 Å². The number of carbonyl (C=O) groups excluding carboxylic acids is 1. The number of nitrogens with zero attached hydrogens (tertiary/aromatic N) is 3. The van der Waals surface area contributed by atoms with Gasteiger partial charge in [0.15, 0.2) is 0 Å². The summed E-state index contributed by atoms with van der Waals surface area (Å²) in [6.07, 6.45) is 2.56. The fourth-order valence-electron chi connectivity index (χ4n) is 3.27. The standard InChI is InChI=1S/C20H26N4OS/c25-19(21-12-16-6-7-16)14-24-10-8-23(9-11-24)13-18-15-26-20(22-18)17-4-2-1-3-5-17/h1-5,15-16H,6-14H2,(H,21,25). The summed E-state index contributed by atoms with van der Waals surface area (Å²) in [7, 11) is 0. The van der Waals surface area contributed by atoms with Crippen molar-refractivity contribution >= 4 is 17.2 Å². The number of hydrogen-bond acceptors (Lipinski definition) is 5. The van der Waals surface area contributed by atoms with Gasteiger partial charge in [-0.2, -0.15) is 0 Å². The number of thiazole rings is 1. The van der Waals surface area contributed by atoms with Crippen LogP contribution in [0, 0.1) is 5.92 Å². The van der Waals surface area contributed by atoms with Crippen molar-refractivity contribution < 1.29 is 4.79 Å². The molecule has 0 radical (unpaired) electrons. The van der Waals surface area contributed by atoms with E-state index in [2.05, 4.69) is 44.8 Å². The van der Waals surface area contributed by atoms with Crippen LogP contribution in [0.5, 0.6) is 0 Å². The molecule has 1 aromatic heterocycles. The summed E-state index contributed by atoms with van der Waals surface area (Å²) < 4.78 is 0. The maximum atomic E-state index is 12.0. The molecule has 0 unspecified atom stereocenters. The van der Waals surface area contributed by atoms with E-state index in [0.717, 1.165) is 55.9 Å². The second kappa shape index (κ2) is 8.29. The quantitative estimate of drug-likeness (QED) is 0.813. The first-order valence-electron chi connectivity index (χ1n) is 9.47. The lowest BCUT2D eigenvalue weighted by atomic mass is 10.2. The topological polar surface area (TPSA) is 48.5 Å². The zero-order valence-corrected chi connectivity index (χ0v) is 15.9. The van der Waals surface area contributed by atoms with Crippen LogP contribution in [0.15, 0.2) is 35.7 Å². The maximum Gasteiger partial charge on any atom is 0.234 e. The third-order valence-electron chi connectivity index (χ3n) is 5.08. The number of aromatic nitrogens is 1. The SMILES string of the molecule is O=C(CN1CCN(Cc2csc(-c3ccccc3)n2)CC1)NCC1CC1. The smallest absolute Gasteiger partial charge is 0.234 e. The fraction of sp³-hybridized carbons (Fsp3) is 0.500. The van der Waals surface area contributed by atoms with Crippen LogP contribution in [0.25, 0.3) is 10.6 Å². The molecule has 4 rings (SSSR count). The van der Waals surface area contributed by atoms with Crippen LogP contribution >= 0.6 is 11.3 Å². The lowest BCUT2D eigenvalue weighted by molar-refractivity contribution is -0.122. The number of hydrogen-bond donors (Lipinski definition) is 1. The normalized spacial score (nSPS) is 18.8. The van der Waals surface area contributed by atoms with Crippen molar-refractivity contribution in [3.05, 3.63) is 41.4 Å². The zero-order chi connectivity index (χ0) is 17.8. The van der Waals surface area contributed by atoms with E-state index in [1.165, 1.54) is 18.4 Å². The summed E-state index contributed by atoms with van der Waals surface area (Å²) >= 11 is 1.71. The Kier molecular flexibility index (Phi) is 5.62. The first-order valence-corrected chi connectivity index (χ1v) is 10.4. The summed E-state index contributed by atoms with van der Waals surface area (Å²) in [5, 5.41) is 6.31. The molecule has 2 aromatic rings. The minimum atomic E-state index is 0.178. The number of amides is 1. The first kappa shape index (κ1) is 17.6. The average Bonchev–Trinajstić information content (AvgIpc) is 3.39. The van der Waals surface area contributed by atoms with Crippen LogP contribution < -0.4 is 5.32 Å². The van der Waals surface area contributed by atoms with Gasteiger partial charge < -0.3 is 5.32 Å². The molecular weight excluding hydrogens is 344 g/mol. The van der Waals surface area contributed by atoms with Gasteiger partial charge in [0.1, 0.15) is 5.01 Å². The van der Waals surface area contributed by atoms with E-state index >= 15 is 0 Å². The van der Waals surface area contributed by atoms with Crippen molar-refractivity contribution in [2.24, 2.45) is 5.92 Å². The van der Waals surface area contributed by atoms with Crippen LogP contribution in [0.2, 0.25) is 0 Å². The molecule has 2 aliphatic rings. The van der Waals surface area contributed by atoms with Crippen molar-refractivity contribution in [2.45, 2.75) is 19.4 Å². The van der Waals surface area contributed by atoms with E-state index < -0.39 is 0 Å². The van der Waals surface area contributed by atoms with Crippen LogP contribution in [0.3, 0.4) is 0 Å². The first-order chi connectivity index (χ1) is 12.8. The third kappa shape index (κ3) is 4.90. The van der Waals surface area contributed by atoms with Crippen molar-refractivity contribution in [1.29, 1.82) is 0 Å². The third-order valence-corrected chi connectivity index (χ3v) is 6.02. The van der Waals surface area contributed by atoms with Crippen LogP contribution in [-0.2, 0) is 11.3 Å². The van der Waals surface area contributed by atoms with Crippen molar-refractivity contribution in [2.75, 3.05) is 39.3 Å². The summed E-state index contributed by atoms with van der Waals surface area (Å²) in [4.78, 5) is 21.5. The van der Waals surface area contributed by atoms with Gasteiger partial charge in [0.25, 0.3) is 0 Å². The van der Waals surface area contributed by atoms with E-state index in [1.807, 2.05) is 6.07 Å². The number of rotatable bonds is 7. The molecule has 1 saturated carbocycles. The number of piperazine rings is 1. The Morgan fingerprint density at radius 1 is 1.12 bits per heavy atom. The van der Waals surface area contributed by atoms with Gasteiger partial charge in [-0.3, -0.25) is 14.6 Å². The second-order valence-electron chi connectivity index (χ2n) is 7.31. The summed E-state index contributed by atoms with van der Waals surface area (Å²) in [5.74, 6) is 0.923. The molecule has 0 bridgehead atoms. The summed E-state index contributed by atoms with van der Waals surface area (Å²) in [5.41, 5.74) is 2.33. The van der Waals surface area contributed by atoms with E-state index in [4.69, 9.17) is 4.98 Å². The van der Waals surface area contributed by atoms with E-state index in [0.29, 0.717) is 6.54 Å². The Bertz CT molecular complexity index is 720. The van der Waals surface area contributed by atoms with E-state index in [-0.39, 0.29) is 5.91 Å². The van der Waals surface area contributed by atoms with Gasteiger partial charge in [-0.1, -0.05) is 30.3 Å².